The summed E-state index contributed by atoms with van der Waals surface area (Å²) in [6, 6.07) is 8.94. The Morgan fingerprint density at radius 3 is 1.55 bits per heavy atom. The van der Waals surface area contributed by atoms with Crippen LogP contribution in [0.4, 0.5) is 37.7 Å². The van der Waals surface area contributed by atoms with Crippen LogP contribution in [0.1, 0.15) is 25.2 Å². The zero-order valence-electron chi connectivity index (χ0n) is 28.0. The highest BCUT2D eigenvalue weighted by atomic mass is 127. The molecule has 6 aromatic rings. The van der Waals surface area contributed by atoms with E-state index < -0.39 is 43.4 Å². The number of aryl methyl sites for hydroxylation is 2. The first-order valence-corrected chi connectivity index (χ1v) is 19.6. The maximum absolute atomic E-state index is 12.9. The van der Waals surface area contributed by atoms with Crippen LogP contribution in [0.5, 0.6) is 0 Å². The Labute approximate surface area is 312 Å². The third-order valence-corrected chi connectivity index (χ3v) is 12.6. The van der Waals surface area contributed by atoms with Crippen molar-refractivity contribution in [3.05, 3.63) is 69.8 Å². The van der Waals surface area contributed by atoms with Crippen LogP contribution in [0.15, 0.2) is 64.6 Å². The van der Waals surface area contributed by atoms with Crippen molar-refractivity contribution in [1.82, 2.24) is 29.1 Å². The summed E-state index contributed by atoms with van der Waals surface area (Å²) in [4.78, 5) is 15.3. The molecule has 6 rings (SSSR count). The number of benzene rings is 2. The standard InChI is InChI=1S/C16H14F3IN4O2S.C16H15F3N4O2S/c1-3-27(25,26)13-5-10(21)9(20)4-8(13)15-23-11-6-14(16(17,18)19)22-7-12(11)24(15)2;1-3-26(24,25)13-6-9(20)4-5-10(13)15-22-11-7-14(16(17,18)19)21-8-12(11)23(15)2/h4-7H,3,21H2,1-2H3;4-8H,3,20H2,1-2H3. The molecule has 0 spiro atoms. The Balaban J connectivity index is 0.000000204. The fourth-order valence-electron chi connectivity index (χ4n) is 5.26. The molecular weight excluding hydrogens is 865 g/mol. The average molecular weight is 895 g/mol. The Hall–Kier alpha value is -4.51. The van der Waals surface area contributed by atoms with Crippen LogP contribution < -0.4 is 11.5 Å². The molecule has 0 aliphatic carbocycles. The van der Waals surface area contributed by atoms with Gasteiger partial charge in [0, 0.05) is 40.2 Å². The van der Waals surface area contributed by atoms with Crippen LogP contribution in [-0.4, -0.2) is 57.4 Å². The topological polar surface area (TPSA) is 182 Å². The molecule has 4 heterocycles. The fourth-order valence-corrected chi connectivity index (χ4v) is 7.95. The van der Waals surface area contributed by atoms with Crippen molar-refractivity contribution < 1.29 is 43.2 Å². The van der Waals surface area contributed by atoms with E-state index in [4.69, 9.17) is 11.5 Å². The monoisotopic (exact) mass is 894 g/mol. The minimum absolute atomic E-state index is 0.00896. The third kappa shape index (κ3) is 7.77. The van der Waals surface area contributed by atoms with E-state index in [2.05, 4.69) is 19.9 Å². The van der Waals surface area contributed by atoms with E-state index in [1.807, 2.05) is 22.6 Å². The summed E-state index contributed by atoms with van der Waals surface area (Å²) in [6.07, 6.45) is -7.05. The van der Waals surface area contributed by atoms with Gasteiger partial charge in [-0.15, -0.1) is 0 Å². The molecule has 0 bridgehead atoms. The van der Waals surface area contributed by atoms with E-state index in [9.17, 15) is 43.2 Å². The largest absolute Gasteiger partial charge is 0.433 e. The Morgan fingerprint density at radius 1 is 0.679 bits per heavy atom. The molecule has 12 nitrogen and oxygen atoms in total. The molecule has 21 heteroatoms. The van der Waals surface area contributed by atoms with Gasteiger partial charge in [0.05, 0.1) is 55.8 Å². The van der Waals surface area contributed by atoms with Crippen LogP contribution >= 0.6 is 22.6 Å². The SMILES string of the molecule is CCS(=O)(=O)c1cc(N)c(I)cc1-c1nc2cc(C(F)(F)F)ncc2n1C.CCS(=O)(=O)c1cc(N)ccc1-c1nc2cc(C(F)(F)F)ncc2n1C. The van der Waals surface area contributed by atoms with Crippen LogP contribution in [0.25, 0.3) is 44.8 Å². The molecule has 0 saturated carbocycles. The van der Waals surface area contributed by atoms with E-state index >= 15 is 0 Å². The van der Waals surface area contributed by atoms with Crippen molar-refractivity contribution >= 4 is 75.7 Å². The number of pyridine rings is 2. The summed E-state index contributed by atoms with van der Waals surface area (Å²) in [5.74, 6) is 0.140. The second kappa shape index (κ2) is 14.0. The minimum atomic E-state index is -4.60. The number of hydrogen-bond donors (Lipinski definition) is 2. The van der Waals surface area contributed by atoms with Crippen molar-refractivity contribution in [2.75, 3.05) is 23.0 Å². The number of aromatic nitrogens is 6. The Bertz CT molecular complexity index is 2620. The van der Waals surface area contributed by atoms with E-state index in [0.717, 1.165) is 24.5 Å². The molecule has 0 radical (unpaired) electrons. The second-order valence-corrected chi connectivity index (χ2v) is 17.2. The number of hydrogen-bond acceptors (Lipinski definition) is 10. The predicted octanol–water partition coefficient (Wildman–Crippen LogP) is 6.66. The molecule has 0 aliphatic heterocycles. The number of nitrogen functional groups attached to an aromatic ring is 2. The van der Waals surface area contributed by atoms with E-state index in [1.165, 1.54) is 47.2 Å². The number of rotatable bonds is 6. The predicted molar refractivity (Wildman–Crippen MR) is 195 cm³/mol. The summed E-state index contributed by atoms with van der Waals surface area (Å²) >= 11 is 1.96. The van der Waals surface area contributed by atoms with E-state index in [0.29, 0.717) is 20.3 Å². The molecule has 4 aromatic heterocycles. The number of imidazole rings is 2. The molecule has 53 heavy (non-hydrogen) atoms. The molecule has 0 fully saturated rings. The highest BCUT2D eigenvalue weighted by molar-refractivity contribution is 14.1. The molecule has 0 saturated heterocycles. The number of nitrogens with two attached hydrogens (primary N) is 2. The zero-order chi connectivity index (χ0) is 39.4. The highest BCUT2D eigenvalue weighted by Gasteiger charge is 2.34. The lowest BCUT2D eigenvalue weighted by molar-refractivity contribution is -0.141. The van der Waals surface area contributed by atoms with Gasteiger partial charge in [-0.1, -0.05) is 13.8 Å². The van der Waals surface area contributed by atoms with Crippen molar-refractivity contribution in [1.29, 1.82) is 0 Å². The lowest BCUT2D eigenvalue weighted by atomic mass is 10.2. The summed E-state index contributed by atoms with van der Waals surface area (Å²) in [7, 11) is -4.08. The van der Waals surface area contributed by atoms with Gasteiger partial charge in [-0.3, -0.25) is 0 Å². The Kier molecular flexibility index (Phi) is 10.5. The van der Waals surface area contributed by atoms with E-state index in [1.54, 1.807) is 20.2 Å². The van der Waals surface area contributed by atoms with Crippen molar-refractivity contribution in [3.63, 3.8) is 0 Å². The summed E-state index contributed by atoms with van der Waals surface area (Å²) in [5, 5.41) is 0. The second-order valence-electron chi connectivity index (χ2n) is 11.5. The van der Waals surface area contributed by atoms with E-state index in [-0.39, 0.29) is 60.8 Å². The van der Waals surface area contributed by atoms with Crippen LogP contribution in [0.2, 0.25) is 0 Å². The van der Waals surface area contributed by atoms with Crippen LogP contribution in [0, 0.1) is 3.57 Å². The van der Waals surface area contributed by atoms with Gasteiger partial charge >= 0.3 is 12.4 Å². The van der Waals surface area contributed by atoms with Crippen molar-refractivity contribution in [2.45, 2.75) is 36.0 Å². The van der Waals surface area contributed by atoms with Gasteiger partial charge in [0.2, 0.25) is 0 Å². The first kappa shape index (κ1) is 39.7. The molecule has 4 N–H and O–H groups in total. The Morgan fingerprint density at radius 2 is 1.11 bits per heavy atom. The average Bonchev–Trinajstić information content (AvgIpc) is 3.60. The normalized spacial score (nSPS) is 12.7. The van der Waals surface area contributed by atoms with Gasteiger partial charge in [0.15, 0.2) is 19.7 Å². The van der Waals surface area contributed by atoms with Gasteiger partial charge in [0.1, 0.15) is 23.0 Å². The lowest BCUT2D eigenvalue weighted by Crippen LogP contribution is -2.09. The smallest absolute Gasteiger partial charge is 0.399 e. The number of halogens is 7. The maximum atomic E-state index is 12.9. The number of fused-ring (bicyclic) bond motifs is 2. The molecule has 282 valence electrons. The van der Waals surface area contributed by atoms with Crippen LogP contribution in [0.3, 0.4) is 0 Å². The number of nitrogens with zero attached hydrogens (tertiary/aromatic N) is 6. The summed E-state index contributed by atoms with van der Waals surface area (Å²) in [5.41, 5.74) is 11.4. The molecule has 0 amide bonds. The van der Waals surface area contributed by atoms with Gasteiger partial charge < -0.3 is 20.6 Å². The third-order valence-electron chi connectivity index (χ3n) is 8.13. The van der Waals surface area contributed by atoms with Gasteiger partial charge in [-0.05, 0) is 65.1 Å². The molecule has 0 aliphatic rings. The fraction of sp³-hybridized carbons (Fsp3) is 0.250. The summed E-state index contributed by atoms with van der Waals surface area (Å²) < 4.78 is 131. The number of alkyl halides is 6. The number of sulfone groups is 2. The first-order chi connectivity index (χ1) is 24.5. The van der Waals surface area contributed by atoms with Gasteiger partial charge in [-0.25, -0.2) is 36.8 Å². The number of anilines is 2. The molecule has 0 unspecified atom stereocenters. The zero-order valence-corrected chi connectivity index (χ0v) is 31.8. The van der Waals surface area contributed by atoms with Crippen LogP contribution in [-0.2, 0) is 46.1 Å². The highest BCUT2D eigenvalue weighted by Crippen LogP contribution is 2.36. The molecule has 2 aromatic carbocycles. The van der Waals surface area contributed by atoms with Crippen molar-refractivity contribution in [3.8, 4) is 22.8 Å². The first-order valence-electron chi connectivity index (χ1n) is 15.2. The quantitative estimate of drug-likeness (QED) is 0.104. The maximum Gasteiger partial charge on any atom is 0.433 e. The minimum Gasteiger partial charge on any atom is -0.399 e. The molecular formula is C32H29F6IN8O4S2. The van der Waals surface area contributed by atoms with Gasteiger partial charge in [0.25, 0.3) is 0 Å². The molecule has 0 atom stereocenters. The van der Waals surface area contributed by atoms with Crippen molar-refractivity contribution in [2.24, 2.45) is 14.1 Å². The van der Waals surface area contributed by atoms with Gasteiger partial charge in [-0.2, -0.15) is 26.3 Å². The summed E-state index contributed by atoms with van der Waals surface area (Å²) in [6.45, 7) is 3.00. The lowest BCUT2D eigenvalue weighted by Gasteiger charge is -2.12.